The predicted octanol–water partition coefficient (Wildman–Crippen LogP) is 2.77. The lowest BCUT2D eigenvalue weighted by atomic mass is 10.1. The minimum Gasteiger partial charge on any atom is -0.453 e. The molecule has 3 rings (SSSR count). The Morgan fingerprint density at radius 1 is 1.26 bits per heavy atom. The third-order valence-electron chi connectivity index (χ3n) is 4.01. The van der Waals surface area contributed by atoms with Gasteiger partial charge < -0.3 is 15.8 Å². The van der Waals surface area contributed by atoms with Crippen molar-refractivity contribution in [3.8, 4) is 17.6 Å². The Kier molecular flexibility index (Phi) is 5.50. The van der Waals surface area contributed by atoms with Crippen molar-refractivity contribution in [2.24, 2.45) is 5.73 Å². The van der Waals surface area contributed by atoms with Crippen molar-refractivity contribution < 1.29 is 9.53 Å². The summed E-state index contributed by atoms with van der Waals surface area (Å²) < 4.78 is 5.93. The van der Waals surface area contributed by atoms with Crippen molar-refractivity contribution in [2.45, 2.75) is 20.0 Å². The number of primary amides is 1. The SMILES string of the molecule is Cc1n[nH]c(CNCc2ccc(C(N)=O)cc2)c1Oc1cccc(C#N)c1. The number of hydrogen-bond acceptors (Lipinski definition) is 5. The number of rotatable bonds is 7. The summed E-state index contributed by atoms with van der Waals surface area (Å²) >= 11 is 0. The third-order valence-corrected chi connectivity index (χ3v) is 4.01. The van der Waals surface area contributed by atoms with E-state index in [0.717, 1.165) is 17.0 Å². The van der Waals surface area contributed by atoms with E-state index in [-0.39, 0.29) is 0 Å². The number of H-pyrrole nitrogens is 1. The Morgan fingerprint density at radius 3 is 2.74 bits per heavy atom. The highest BCUT2D eigenvalue weighted by Crippen LogP contribution is 2.27. The molecule has 0 saturated carbocycles. The molecule has 0 spiro atoms. The summed E-state index contributed by atoms with van der Waals surface area (Å²) in [4.78, 5) is 11.1. The van der Waals surface area contributed by atoms with Crippen molar-refractivity contribution in [3.05, 3.63) is 76.6 Å². The Morgan fingerprint density at radius 2 is 2.04 bits per heavy atom. The van der Waals surface area contributed by atoms with E-state index in [1.54, 1.807) is 36.4 Å². The molecule has 0 aliphatic rings. The van der Waals surface area contributed by atoms with Gasteiger partial charge in [0, 0.05) is 18.7 Å². The first-order valence-corrected chi connectivity index (χ1v) is 8.38. The van der Waals surface area contributed by atoms with Crippen molar-refractivity contribution >= 4 is 5.91 Å². The van der Waals surface area contributed by atoms with Gasteiger partial charge in [-0.1, -0.05) is 18.2 Å². The maximum absolute atomic E-state index is 11.1. The van der Waals surface area contributed by atoms with Crippen LogP contribution in [0.1, 0.15) is 32.9 Å². The summed E-state index contributed by atoms with van der Waals surface area (Å²) in [6.07, 6.45) is 0. The number of aromatic amines is 1. The molecule has 0 radical (unpaired) electrons. The second-order valence-electron chi connectivity index (χ2n) is 6.02. The summed E-state index contributed by atoms with van der Waals surface area (Å²) in [5.41, 5.74) is 8.84. The Bertz CT molecular complexity index is 986. The zero-order valence-corrected chi connectivity index (χ0v) is 14.8. The van der Waals surface area contributed by atoms with Gasteiger partial charge in [0.25, 0.3) is 0 Å². The average molecular weight is 361 g/mol. The van der Waals surface area contributed by atoms with Crippen molar-refractivity contribution in [3.63, 3.8) is 0 Å². The first-order valence-electron chi connectivity index (χ1n) is 8.38. The number of nitrogens with two attached hydrogens (primary N) is 1. The van der Waals surface area contributed by atoms with E-state index < -0.39 is 5.91 Å². The van der Waals surface area contributed by atoms with Crippen LogP contribution in [0.2, 0.25) is 0 Å². The highest BCUT2D eigenvalue weighted by Gasteiger charge is 2.12. The lowest BCUT2D eigenvalue weighted by Gasteiger charge is -2.09. The number of ether oxygens (including phenoxy) is 1. The molecule has 136 valence electrons. The highest BCUT2D eigenvalue weighted by atomic mass is 16.5. The standard InChI is InChI=1S/C20H19N5O2/c1-13-19(27-17-4-2-3-15(9-17)10-21)18(25-24-13)12-23-11-14-5-7-16(8-6-14)20(22)26/h2-9,23H,11-12H2,1H3,(H2,22,26)(H,24,25). The zero-order valence-electron chi connectivity index (χ0n) is 14.8. The topological polar surface area (TPSA) is 117 Å². The summed E-state index contributed by atoms with van der Waals surface area (Å²) in [6, 6.07) is 16.2. The fraction of sp³-hybridized carbons (Fsp3) is 0.150. The van der Waals surface area contributed by atoms with Crippen LogP contribution in [0.25, 0.3) is 0 Å². The number of aryl methyl sites for hydroxylation is 1. The predicted molar refractivity (Wildman–Crippen MR) is 100 cm³/mol. The smallest absolute Gasteiger partial charge is 0.248 e. The number of aromatic nitrogens is 2. The summed E-state index contributed by atoms with van der Waals surface area (Å²) in [5, 5.41) is 19.5. The Balaban J connectivity index is 1.64. The second-order valence-corrected chi connectivity index (χ2v) is 6.02. The lowest BCUT2D eigenvalue weighted by molar-refractivity contribution is 0.100. The van der Waals surface area contributed by atoms with E-state index in [1.807, 2.05) is 19.1 Å². The third kappa shape index (κ3) is 4.51. The number of hydrogen-bond donors (Lipinski definition) is 3. The molecule has 0 aliphatic heterocycles. The van der Waals surface area contributed by atoms with Gasteiger partial charge >= 0.3 is 0 Å². The Labute approximate surface area is 156 Å². The quantitative estimate of drug-likeness (QED) is 0.598. The van der Waals surface area contributed by atoms with E-state index >= 15 is 0 Å². The number of benzene rings is 2. The van der Waals surface area contributed by atoms with Gasteiger partial charge in [-0.15, -0.1) is 0 Å². The molecule has 1 amide bonds. The molecular weight excluding hydrogens is 342 g/mol. The first-order chi connectivity index (χ1) is 13.1. The average Bonchev–Trinajstić information content (AvgIpc) is 3.02. The molecule has 1 heterocycles. The number of nitriles is 1. The van der Waals surface area contributed by atoms with Crippen LogP contribution in [-0.2, 0) is 13.1 Å². The lowest BCUT2D eigenvalue weighted by Crippen LogP contribution is -2.14. The van der Waals surface area contributed by atoms with Gasteiger partial charge in [-0.2, -0.15) is 10.4 Å². The molecule has 0 atom stereocenters. The molecule has 27 heavy (non-hydrogen) atoms. The molecule has 7 nitrogen and oxygen atoms in total. The number of carbonyl (C=O) groups excluding carboxylic acids is 1. The minimum atomic E-state index is -0.440. The minimum absolute atomic E-state index is 0.440. The van der Waals surface area contributed by atoms with Crippen LogP contribution in [0, 0.1) is 18.3 Å². The number of nitrogens with zero attached hydrogens (tertiary/aromatic N) is 2. The molecule has 7 heteroatoms. The number of carbonyl (C=O) groups is 1. The molecule has 0 saturated heterocycles. The number of amides is 1. The fourth-order valence-electron chi connectivity index (χ4n) is 2.59. The molecule has 4 N–H and O–H groups in total. The molecule has 3 aromatic rings. The van der Waals surface area contributed by atoms with Crippen LogP contribution >= 0.6 is 0 Å². The highest BCUT2D eigenvalue weighted by molar-refractivity contribution is 5.92. The van der Waals surface area contributed by atoms with E-state index in [2.05, 4.69) is 21.6 Å². The van der Waals surface area contributed by atoms with Crippen molar-refractivity contribution in [2.75, 3.05) is 0 Å². The summed E-state index contributed by atoms with van der Waals surface area (Å²) in [6.45, 7) is 2.98. The van der Waals surface area contributed by atoms with Gasteiger partial charge in [0.15, 0.2) is 5.75 Å². The van der Waals surface area contributed by atoms with E-state index in [0.29, 0.717) is 35.7 Å². The van der Waals surface area contributed by atoms with Crippen molar-refractivity contribution in [1.82, 2.24) is 15.5 Å². The Hall–Kier alpha value is -3.63. The van der Waals surface area contributed by atoms with E-state index in [4.69, 9.17) is 15.7 Å². The molecular formula is C20H19N5O2. The molecule has 1 aromatic heterocycles. The van der Waals surface area contributed by atoms with Crippen LogP contribution in [0.4, 0.5) is 0 Å². The van der Waals surface area contributed by atoms with Gasteiger partial charge in [0.2, 0.25) is 5.91 Å². The fourth-order valence-corrected chi connectivity index (χ4v) is 2.59. The van der Waals surface area contributed by atoms with Crippen LogP contribution in [0.5, 0.6) is 11.5 Å². The normalized spacial score (nSPS) is 10.4. The van der Waals surface area contributed by atoms with E-state index in [1.165, 1.54) is 0 Å². The van der Waals surface area contributed by atoms with Crippen LogP contribution in [0.3, 0.4) is 0 Å². The van der Waals surface area contributed by atoms with Crippen LogP contribution in [0.15, 0.2) is 48.5 Å². The van der Waals surface area contributed by atoms with Crippen LogP contribution in [-0.4, -0.2) is 16.1 Å². The van der Waals surface area contributed by atoms with Gasteiger partial charge in [0.1, 0.15) is 11.4 Å². The van der Waals surface area contributed by atoms with Crippen molar-refractivity contribution in [1.29, 1.82) is 5.26 Å². The van der Waals surface area contributed by atoms with Crippen LogP contribution < -0.4 is 15.8 Å². The second kappa shape index (κ2) is 8.17. The maximum Gasteiger partial charge on any atom is 0.248 e. The molecule has 0 aliphatic carbocycles. The largest absolute Gasteiger partial charge is 0.453 e. The monoisotopic (exact) mass is 361 g/mol. The maximum atomic E-state index is 11.1. The molecule has 0 bridgehead atoms. The molecule has 2 aromatic carbocycles. The summed E-state index contributed by atoms with van der Waals surface area (Å²) in [7, 11) is 0. The van der Waals surface area contributed by atoms with E-state index in [9.17, 15) is 4.79 Å². The number of nitrogens with one attached hydrogen (secondary N) is 2. The first kappa shape index (κ1) is 18.2. The van der Waals surface area contributed by atoms with Gasteiger partial charge in [-0.05, 0) is 42.8 Å². The summed E-state index contributed by atoms with van der Waals surface area (Å²) in [5.74, 6) is 0.785. The molecule has 0 fully saturated rings. The zero-order chi connectivity index (χ0) is 19.2. The molecule has 0 unspecified atom stereocenters. The van der Waals surface area contributed by atoms with Gasteiger partial charge in [-0.3, -0.25) is 9.89 Å². The van der Waals surface area contributed by atoms with Gasteiger partial charge in [-0.25, -0.2) is 0 Å². The van der Waals surface area contributed by atoms with Gasteiger partial charge in [0.05, 0.1) is 17.3 Å².